The van der Waals surface area contributed by atoms with Crippen LogP contribution in [0.2, 0.25) is 0 Å². The number of hydrogen-bond acceptors (Lipinski definition) is 2. The molecule has 0 N–H and O–H groups in total. The molecule has 0 saturated carbocycles. The Bertz CT molecular complexity index is 591. The first-order chi connectivity index (χ1) is 9.09. The van der Waals surface area contributed by atoms with Crippen molar-refractivity contribution in [3.8, 4) is 5.75 Å². The summed E-state index contributed by atoms with van der Waals surface area (Å²) in [5.41, 5.74) is 0.434. The summed E-state index contributed by atoms with van der Waals surface area (Å²) in [7, 11) is 0. The standard InChI is InChI=1S/C16H15FO2/c1-11(2)19-15-10-6-4-8-13(15)16(18)12-7-3-5-9-14(12)17/h3-11H,1-2H3. The van der Waals surface area contributed by atoms with Crippen molar-refractivity contribution >= 4 is 5.78 Å². The molecule has 3 heteroatoms. The lowest BCUT2D eigenvalue weighted by molar-refractivity contribution is 0.102. The topological polar surface area (TPSA) is 26.3 Å². The van der Waals surface area contributed by atoms with Crippen LogP contribution in [0, 0.1) is 5.82 Å². The summed E-state index contributed by atoms with van der Waals surface area (Å²) in [6.07, 6.45) is -0.0467. The number of ether oxygens (including phenoxy) is 1. The molecule has 98 valence electrons. The van der Waals surface area contributed by atoms with Gasteiger partial charge in [0.05, 0.1) is 17.2 Å². The summed E-state index contributed by atoms with van der Waals surface area (Å²) >= 11 is 0. The Kier molecular flexibility index (Phi) is 3.95. The second-order valence-corrected chi connectivity index (χ2v) is 4.47. The molecule has 0 aliphatic carbocycles. The zero-order valence-corrected chi connectivity index (χ0v) is 10.9. The number of halogens is 1. The van der Waals surface area contributed by atoms with E-state index in [9.17, 15) is 9.18 Å². The maximum atomic E-state index is 13.7. The van der Waals surface area contributed by atoms with Gasteiger partial charge in [0.15, 0.2) is 5.78 Å². The third kappa shape index (κ3) is 2.99. The molecule has 0 aromatic heterocycles. The summed E-state index contributed by atoms with van der Waals surface area (Å²) in [6, 6.07) is 12.8. The highest BCUT2D eigenvalue weighted by atomic mass is 19.1. The number of carbonyl (C=O) groups excluding carboxylic acids is 1. The van der Waals surface area contributed by atoms with Gasteiger partial charge in [-0.2, -0.15) is 0 Å². The SMILES string of the molecule is CC(C)Oc1ccccc1C(=O)c1ccccc1F. The van der Waals surface area contributed by atoms with Crippen molar-refractivity contribution < 1.29 is 13.9 Å². The number of hydrogen-bond donors (Lipinski definition) is 0. The molecule has 2 aromatic carbocycles. The number of para-hydroxylation sites is 1. The van der Waals surface area contributed by atoms with Gasteiger partial charge in [0, 0.05) is 0 Å². The first kappa shape index (κ1) is 13.3. The molecule has 0 spiro atoms. The average molecular weight is 258 g/mol. The molecule has 0 saturated heterocycles. The van der Waals surface area contributed by atoms with E-state index in [0.717, 1.165) is 0 Å². The van der Waals surface area contributed by atoms with Crippen LogP contribution < -0.4 is 4.74 Å². The zero-order chi connectivity index (χ0) is 13.8. The summed E-state index contributed by atoms with van der Waals surface area (Å²) in [6.45, 7) is 3.76. The Balaban J connectivity index is 2.42. The van der Waals surface area contributed by atoms with E-state index in [-0.39, 0.29) is 17.5 Å². The molecule has 0 amide bonds. The van der Waals surface area contributed by atoms with E-state index in [0.29, 0.717) is 11.3 Å². The van der Waals surface area contributed by atoms with Crippen LogP contribution in [0.25, 0.3) is 0 Å². The van der Waals surface area contributed by atoms with E-state index in [1.54, 1.807) is 36.4 Å². The second kappa shape index (κ2) is 5.65. The monoisotopic (exact) mass is 258 g/mol. The smallest absolute Gasteiger partial charge is 0.199 e. The molecule has 2 nitrogen and oxygen atoms in total. The minimum atomic E-state index is -0.521. The lowest BCUT2D eigenvalue weighted by Crippen LogP contribution is -2.11. The van der Waals surface area contributed by atoms with Crippen LogP contribution in [0.4, 0.5) is 4.39 Å². The van der Waals surface area contributed by atoms with Crippen LogP contribution >= 0.6 is 0 Å². The molecule has 0 bridgehead atoms. The largest absolute Gasteiger partial charge is 0.490 e. The van der Waals surface area contributed by atoms with Crippen molar-refractivity contribution in [2.24, 2.45) is 0 Å². The molecule has 0 unspecified atom stereocenters. The lowest BCUT2D eigenvalue weighted by Gasteiger charge is -2.13. The summed E-state index contributed by atoms with van der Waals surface area (Å²) < 4.78 is 19.2. The highest BCUT2D eigenvalue weighted by Gasteiger charge is 2.17. The van der Waals surface area contributed by atoms with Crippen molar-refractivity contribution in [2.75, 3.05) is 0 Å². The van der Waals surface area contributed by atoms with Crippen LogP contribution in [0.5, 0.6) is 5.75 Å². The molecule has 2 rings (SSSR count). The van der Waals surface area contributed by atoms with E-state index < -0.39 is 5.82 Å². The number of rotatable bonds is 4. The molecule has 19 heavy (non-hydrogen) atoms. The minimum Gasteiger partial charge on any atom is -0.490 e. The predicted octanol–water partition coefficient (Wildman–Crippen LogP) is 3.84. The Morgan fingerprint density at radius 3 is 2.21 bits per heavy atom. The first-order valence-electron chi connectivity index (χ1n) is 6.14. The number of ketones is 1. The number of benzene rings is 2. The molecule has 0 aliphatic heterocycles. The van der Waals surface area contributed by atoms with Gasteiger partial charge in [-0.3, -0.25) is 4.79 Å². The summed E-state index contributed by atoms with van der Waals surface area (Å²) in [5.74, 6) is -0.410. The minimum absolute atomic E-state index is 0.0467. The lowest BCUT2D eigenvalue weighted by atomic mass is 10.0. The van der Waals surface area contributed by atoms with E-state index in [4.69, 9.17) is 4.74 Å². The van der Waals surface area contributed by atoms with Crippen molar-refractivity contribution in [3.63, 3.8) is 0 Å². The highest BCUT2D eigenvalue weighted by Crippen LogP contribution is 2.23. The van der Waals surface area contributed by atoms with Crippen LogP contribution in [0.3, 0.4) is 0 Å². The van der Waals surface area contributed by atoms with E-state index in [1.807, 2.05) is 13.8 Å². The fourth-order valence-electron chi connectivity index (χ4n) is 1.80. The Morgan fingerprint density at radius 2 is 1.58 bits per heavy atom. The van der Waals surface area contributed by atoms with Crippen LogP contribution in [-0.2, 0) is 0 Å². The molecular weight excluding hydrogens is 243 g/mol. The van der Waals surface area contributed by atoms with E-state index in [1.165, 1.54) is 12.1 Å². The van der Waals surface area contributed by atoms with Crippen LogP contribution in [0.15, 0.2) is 48.5 Å². The van der Waals surface area contributed by atoms with Gasteiger partial charge in [-0.1, -0.05) is 24.3 Å². The second-order valence-electron chi connectivity index (χ2n) is 4.47. The number of carbonyl (C=O) groups is 1. The molecule has 0 aliphatic rings. The van der Waals surface area contributed by atoms with Crippen molar-refractivity contribution in [1.29, 1.82) is 0 Å². The average Bonchev–Trinajstić information content (AvgIpc) is 2.38. The Morgan fingerprint density at radius 1 is 1.00 bits per heavy atom. The fraction of sp³-hybridized carbons (Fsp3) is 0.188. The van der Waals surface area contributed by atoms with Crippen LogP contribution in [0.1, 0.15) is 29.8 Å². The van der Waals surface area contributed by atoms with Crippen LogP contribution in [-0.4, -0.2) is 11.9 Å². The fourth-order valence-corrected chi connectivity index (χ4v) is 1.80. The molecule has 2 aromatic rings. The third-order valence-electron chi connectivity index (χ3n) is 2.61. The summed E-state index contributed by atoms with van der Waals surface area (Å²) in [5, 5.41) is 0. The van der Waals surface area contributed by atoms with Gasteiger partial charge in [-0.25, -0.2) is 4.39 Å². The van der Waals surface area contributed by atoms with Gasteiger partial charge in [0.1, 0.15) is 11.6 Å². The maximum Gasteiger partial charge on any atom is 0.199 e. The summed E-state index contributed by atoms with van der Waals surface area (Å²) in [4.78, 5) is 12.3. The van der Waals surface area contributed by atoms with Crippen molar-refractivity contribution in [2.45, 2.75) is 20.0 Å². The van der Waals surface area contributed by atoms with Crippen molar-refractivity contribution in [1.82, 2.24) is 0 Å². The van der Waals surface area contributed by atoms with Gasteiger partial charge >= 0.3 is 0 Å². The van der Waals surface area contributed by atoms with Gasteiger partial charge in [0.25, 0.3) is 0 Å². The quantitative estimate of drug-likeness (QED) is 0.779. The molecule has 0 heterocycles. The Hall–Kier alpha value is -2.16. The Labute approximate surface area is 111 Å². The zero-order valence-electron chi connectivity index (χ0n) is 10.9. The maximum absolute atomic E-state index is 13.7. The van der Waals surface area contributed by atoms with Gasteiger partial charge in [-0.15, -0.1) is 0 Å². The van der Waals surface area contributed by atoms with E-state index in [2.05, 4.69) is 0 Å². The molecule has 0 fully saturated rings. The predicted molar refractivity (Wildman–Crippen MR) is 72.0 cm³/mol. The van der Waals surface area contributed by atoms with Gasteiger partial charge in [-0.05, 0) is 38.1 Å². The molecule has 0 radical (unpaired) electrons. The molecule has 0 atom stereocenters. The van der Waals surface area contributed by atoms with Crippen molar-refractivity contribution in [3.05, 3.63) is 65.5 Å². The van der Waals surface area contributed by atoms with E-state index >= 15 is 0 Å². The van der Waals surface area contributed by atoms with Gasteiger partial charge < -0.3 is 4.74 Å². The third-order valence-corrected chi connectivity index (χ3v) is 2.61. The molecular formula is C16H15FO2. The van der Waals surface area contributed by atoms with Gasteiger partial charge in [0.2, 0.25) is 0 Å². The first-order valence-corrected chi connectivity index (χ1v) is 6.14. The normalized spacial score (nSPS) is 10.5. The highest BCUT2D eigenvalue weighted by molar-refractivity contribution is 6.10.